The summed E-state index contributed by atoms with van der Waals surface area (Å²) in [4.78, 5) is 0. The van der Waals surface area contributed by atoms with E-state index < -0.39 is 0 Å². The molecule has 0 amide bonds. The van der Waals surface area contributed by atoms with Gasteiger partial charge in [-0.15, -0.1) is 0 Å². The van der Waals surface area contributed by atoms with Crippen LogP contribution in [0.1, 0.15) is 146 Å². The van der Waals surface area contributed by atoms with Gasteiger partial charge in [-0.25, -0.2) is 0 Å². The molecule has 0 heterocycles. The van der Waals surface area contributed by atoms with Gasteiger partial charge in [-0.3, -0.25) is 0 Å². The van der Waals surface area contributed by atoms with Crippen LogP contribution in [0.15, 0.2) is 48.5 Å². The predicted octanol–water partition coefficient (Wildman–Crippen LogP) is 10.9. The van der Waals surface area contributed by atoms with E-state index >= 15 is 0 Å². The van der Waals surface area contributed by atoms with Crippen molar-refractivity contribution in [3.05, 3.63) is 65.2 Å². The highest BCUT2D eigenvalue weighted by atomic mass is 16.5. The first-order valence-corrected chi connectivity index (χ1v) is 15.6. The molecule has 0 spiro atoms. The Kier molecular flexibility index (Phi) is 14.4. The zero-order chi connectivity index (χ0) is 26.0. The predicted molar refractivity (Wildman–Crippen MR) is 160 cm³/mol. The molecule has 0 saturated heterocycles. The van der Waals surface area contributed by atoms with Gasteiger partial charge in [-0.2, -0.15) is 0 Å². The molecular formula is C36H52O. The minimum atomic E-state index is 0.742. The van der Waals surface area contributed by atoms with Crippen LogP contribution in [0.2, 0.25) is 0 Å². The second-order valence-electron chi connectivity index (χ2n) is 11.3. The minimum absolute atomic E-state index is 0.742. The van der Waals surface area contributed by atoms with E-state index in [1.54, 1.807) is 0 Å². The Bertz CT molecular complexity index is 890. The smallest absolute Gasteiger partial charge is 0.119 e. The molecular weight excluding hydrogens is 448 g/mol. The van der Waals surface area contributed by atoms with Crippen LogP contribution in [-0.2, 0) is 0 Å². The Morgan fingerprint density at radius 1 is 0.595 bits per heavy atom. The maximum atomic E-state index is 5.87. The van der Waals surface area contributed by atoms with Crippen molar-refractivity contribution in [1.82, 2.24) is 0 Å². The van der Waals surface area contributed by atoms with E-state index in [0.717, 1.165) is 41.7 Å². The minimum Gasteiger partial charge on any atom is -0.494 e. The molecule has 0 unspecified atom stereocenters. The monoisotopic (exact) mass is 500 g/mol. The van der Waals surface area contributed by atoms with Gasteiger partial charge < -0.3 is 4.74 Å². The van der Waals surface area contributed by atoms with Crippen LogP contribution in [0.4, 0.5) is 0 Å². The normalized spacial score (nSPS) is 17.2. The Morgan fingerprint density at radius 2 is 1.11 bits per heavy atom. The molecule has 0 radical (unpaired) electrons. The van der Waals surface area contributed by atoms with Crippen LogP contribution in [0, 0.1) is 17.8 Å². The topological polar surface area (TPSA) is 9.23 Å². The molecule has 1 aliphatic rings. The fourth-order valence-electron chi connectivity index (χ4n) is 5.69. The molecule has 2 aromatic carbocycles. The summed E-state index contributed by atoms with van der Waals surface area (Å²) in [7, 11) is 0. The van der Waals surface area contributed by atoms with Gasteiger partial charge in [0.2, 0.25) is 0 Å². The SMILES string of the molecule is CCCCCCCCCC1CCC(c2ccc(C#Cc3ccc(OCCCCCCC)cc3)cc2)CC1. The lowest BCUT2D eigenvalue weighted by atomic mass is 9.77. The molecule has 1 aliphatic carbocycles. The molecule has 1 fully saturated rings. The second-order valence-corrected chi connectivity index (χ2v) is 11.3. The Balaban J connectivity index is 1.34. The van der Waals surface area contributed by atoms with Crippen LogP contribution in [-0.4, -0.2) is 6.61 Å². The second kappa shape index (κ2) is 18.1. The summed E-state index contributed by atoms with van der Waals surface area (Å²) in [5.41, 5.74) is 3.65. The average Bonchev–Trinajstić information content (AvgIpc) is 2.94. The third kappa shape index (κ3) is 11.8. The van der Waals surface area contributed by atoms with Crippen molar-refractivity contribution in [2.75, 3.05) is 6.61 Å². The number of hydrogen-bond donors (Lipinski definition) is 0. The van der Waals surface area contributed by atoms with Gasteiger partial charge in [0.05, 0.1) is 6.61 Å². The summed E-state index contributed by atoms with van der Waals surface area (Å²) in [6, 6.07) is 17.3. The Morgan fingerprint density at radius 3 is 1.70 bits per heavy atom. The first-order valence-electron chi connectivity index (χ1n) is 15.6. The number of unbranched alkanes of at least 4 members (excludes halogenated alkanes) is 10. The number of rotatable bonds is 16. The van der Waals surface area contributed by atoms with Crippen LogP contribution in [0.5, 0.6) is 5.75 Å². The highest BCUT2D eigenvalue weighted by Crippen LogP contribution is 2.37. The molecule has 0 atom stereocenters. The molecule has 1 nitrogen and oxygen atoms in total. The van der Waals surface area contributed by atoms with Gasteiger partial charge in [0.15, 0.2) is 0 Å². The van der Waals surface area contributed by atoms with Crippen molar-refractivity contribution in [1.29, 1.82) is 0 Å². The molecule has 1 saturated carbocycles. The fourth-order valence-corrected chi connectivity index (χ4v) is 5.69. The van der Waals surface area contributed by atoms with Crippen LogP contribution >= 0.6 is 0 Å². The van der Waals surface area contributed by atoms with Gasteiger partial charge in [0, 0.05) is 11.1 Å². The van der Waals surface area contributed by atoms with E-state index in [-0.39, 0.29) is 0 Å². The average molecular weight is 501 g/mol. The highest BCUT2D eigenvalue weighted by molar-refractivity contribution is 5.45. The molecule has 3 rings (SSSR count). The van der Waals surface area contributed by atoms with E-state index in [4.69, 9.17) is 4.74 Å². The van der Waals surface area contributed by atoms with Crippen molar-refractivity contribution in [3.63, 3.8) is 0 Å². The Labute approximate surface area is 228 Å². The summed E-state index contributed by atoms with van der Waals surface area (Å²) < 4.78 is 5.87. The van der Waals surface area contributed by atoms with Crippen LogP contribution in [0.25, 0.3) is 0 Å². The van der Waals surface area contributed by atoms with E-state index in [2.05, 4.69) is 62.1 Å². The van der Waals surface area contributed by atoms with Gasteiger partial charge in [0.25, 0.3) is 0 Å². The first-order chi connectivity index (χ1) is 18.3. The van der Waals surface area contributed by atoms with Crippen molar-refractivity contribution < 1.29 is 4.74 Å². The summed E-state index contributed by atoms with van der Waals surface area (Å²) in [5.74, 6) is 9.32. The van der Waals surface area contributed by atoms with Crippen molar-refractivity contribution in [2.45, 2.75) is 129 Å². The zero-order valence-corrected chi connectivity index (χ0v) is 23.9. The maximum absolute atomic E-state index is 5.87. The number of benzene rings is 2. The lowest BCUT2D eigenvalue weighted by molar-refractivity contribution is 0.302. The first kappa shape index (κ1) is 29.4. The molecule has 37 heavy (non-hydrogen) atoms. The largest absolute Gasteiger partial charge is 0.494 e. The fraction of sp³-hybridized carbons (Fsp3) is 0.611. The third-order valence-corrected chi connectivity index (χ3v) is 8.17. The molecule has 0 bridgehead atoms. The van der Waals surface area contributed by atoms with E-state index in [1.165, 1.54) is 108 Å². The Hall–Kier alpha value is -2.20. The quantitative estimate of drug-likeness (QED) is 0.164. The number of hydrogen-bond acceptors (Lipinski definition) is 1. The number of ether oxygens (including phenoxy) is 1. The third-order valence-electron chi connectivity index (χ3n) is 8.17. The van der Waals surface area contributed by atoms with Gasteiger partial charge >= 0.3 is 0 Å². The molecule has 1 heteroatoms. The zero-order valence-electron chi connectivity index (χ0n) is 23.9. The highest BCUT2D eigenvalue weighted by Gasteiger charge is 2.21. The van der Waals surface area contributed by atoms with E-state index in [0.29, 0.717) is 0 Å². The van der Waals surface area contributed by atoms with E-state index in [9.17, 15) is 0 Å². The van der Waals surface area contributed by atoms with Crippen molar-refractivity contribution >= 4 is 0 Å². The van der Waals surface area contributed by atoms with Crippen LogP contribution < -0.4 is 4.74 Å². The van der Waals surface area contributed by atoms with E-state index in [1.807, 2.05) is 12.1 Å². The lowest BCUT2D eigenvalue weighted by Gasteiger charge is -2.29. The maximum Gasteiger partial charge on any atom is 0.119 e. The van der Waals surface area contributed by atoms with Gasteiger partial charge in [-0.1, -0.05) is 115 Å². The molecule has 2 aromatic rings. The molecule has 0 aliphatic heterocycles. The van der Waals surface area contributed by atoms with Gasteiger partial charge in [-0.05, 0) is 85.9 Å². The molecule has 0 N–H and O–H groups in total. The summed E-state index contributed by atoms with van der Waals surface area (Å²) >= 11 is 0. The standard InChI is InChI=1S/C36H52O/c1-3-5-7-9-10-11-13-15-31-18-24-34(25-19-31)35-26-20-32(21-27-35)16-17-33-22-28-36(29-23-33)37-30-14-12-8-6-4-2/h20-23,26-29,31,34H,3-15,18-19,24-25,30H2,1-2H3. The van der Waals surface area contributed by atoms with Crippen molar-refractivity contribution in [2.24, 2.45) is 5.92 Å². The molecule has 0 aromatic heterocycles. The molecule has 202 valence electrons. The summed E-state index contributed by atoms with van der Waals surface area (Å²) in [5, 5.41) is 0. The summed E-state index contributed by atoms with van der Waals surface area (Å²) in [6.07, 6.45) is 23.3. The lowest BCUT2D eigenvalue weighted by Crippen LogP contribution is -2.13. The summed E-state index contributed by atoms with van der Waals surface area (Å²) in [6.45, 7) is 5.36. The van der Waals surface area contributed by atoms with Crippen molar-refractivity contribution in [3.8, 4) is 17.6 Å². The van der Waals surface area contributed by atoms with Crippen LogP contribution in [0.3, 0.4) is 0 Å². The van der Waals surface area contributed by atoms with Gasteiger partial charge in [0.1, 0.15) is 5.75 Å².